The van der Waals surface area contributed by atoms with Gasteiger partial charge in [-0.2, -0.15) is 0 Å². The fourth-order valence-corrected chi connectivity index (χ4v) is 2.70. The highest BCUT2D eigenvalue weighted by Gasteiger charge is 2.28. The van der Waals surface area contributed by atoms with Gasteiger partial charge in [-0.15, -0.1) is 0 Å². The number of benzene rings is 1. The van der Waals surface area contributed by atoms with Crippen LogP contribution in [0.1, 0.15) is 37.7 Å². The summed E-state index contributed by atoms with van der Waals surface area (Å²) in [6.45, 7) is 0.513. The lowest BCUT2D eigenvalue weighted by atomic mass is 9.83. The lowest BCUT2D eigenvalue weighted by Gasteiger charge is -2.24. The second kappa shape index (κ2) is 7.20. The number of carbonyl (C=O) groups is 2. The third kappa shape index (κ3) is 4.17. The van der Waals surface area contributed by atoms with Gasteiger partial charge in [0.15, 0.2) is 0 Å². The molecule has 2 rings (SSSR count). The van der Waals surface area contributed by atoms with E-state index in [1.54, 1.807) is 0 Å². The molecule has 0 radical (unpaired) electrons. The van der Waals surface area contributed by atoms with Crippen molar-refractivity contribution in [3.8, 4) is 0 Å². The third-order valence-electron chi connectivity index (χ3n) is 3.89. The Balaban J connectivity index is 1.90. The van der Waals surface area contributed by atoms with Crippen LogP contribution in [0, 0.1) is 5.92 Å². The van der Waals surface area contributed by atoms with Crippen molar-refractivity contribution in [3.63, 3.8) is 0 Å². The summed E-state index contributed by atoms with van der Waals surface area (Å²) in [5.41, 5.74) is 1.05. The van der Waals surface area contributed by atoms with Gasteiger partial charge in [0.2, 0.25) is 0 Å². The largest absolute Gasteiger partial charge is 0.480 e. The highest BCUT2D eigenvalue weighted by molar-refractivity contribution is 5.83. The molecule has 0 bridgehead atoms. The zero-order valence-electron chi connectivity index (χ0n) is 11.5. The number of Topliss-reactive ketones (excluding diaryl/α,β-unsaturated/α-hetero) is 1. The minimum Gasteiger partial charge on any atom is -0.480 e. The van der Waals surface area contributed by atoms with E-state index in [2.05, 4.69) is 5.32 Å². The molecule has 20 heavy (non-hydrogen) atoms. The van der Waals surface area contributed by atoms with Crippen molar-refractivity contribution >= 4 is 11.8 Å². The minimum atomic E-state index is -0.876. The maximum atomic E-state index is 11.8. The van der Waals surface area contributed by atoms with Crippen LogP contribution in [-0.4, -0.2) is 22.9 Å². The van der Waals surface area contributed by atoms with E-state index in [0.717, 1.165) is 24.8 Å². The SMILES string of the molecule is O=C1CCCCC1C[C@H](NCc1ccccc1)C(=O)O. The number of nitrogens with one attached hydrogen (secondary N) is 1. The van der Waals surface area contributed by atoms with Gasteiger partial charge in [-0.05, 0) is 24.8 Å². The Morgan fingerprint density at radius 1 is 1.30 bits per heavy atom. The average molecular weight is 275 g/mol. The van der Waals surface area contributed by atoms with E-state index in [1.807, 2.05) is 30.3 Å². The predicted molar refractivity (Wildman–Crippen MR) is 76.3 cm³/mol. The van der Waals surface area contributed by atoms with E-state index in [4.69, 9.17) is 0 Å². The summed E-state index contributed by atoms with van der Waals surface area (Å²) in [7, 11) is 0. The van der Waals surface area contributed by atoms with E-state index < -0.39 is 12.0 Å². The molecule has 1 saturated carbocycles. The van der Waals surface area contributed by atoms with Crippen LogP contribution in [0.25, 0.3) is 0 Å². The van der Waals surface area contributed by atoms with Gasteiger partial charge in [-0.25, -0.2) is 0 Å². The van der Waals surface area contributed by atoms with Crippen LogP contribution in [0.4, 0.5) is 0 Å². The Labute approximate surface area is 119 Å². The highest BCUT2D eigenvalue weighted by atomic mass is 16.4. The van der Waals surface area contributed by atoms with Gasteiger partial charge in [0.1, 0.15) is 11.8 Å². The normalized spacial score (nSPS) is 20.6. The quantitative estimate of drug-likeness (QED) is 0.836. The Bertz CT molecular complexity index is 458. The van der Waals surface area contributed by atoms with E-state index >= 15 is 0 Å². The molecule has 1 aromatic carbocycles. The van der Waals surface area contributed by atoms with Crippen LogP contribution in [0.2, 0.25) is 0 Å². The second-order valence-corrected chi connectivity index (χ2v) is 5.40. The van der Waals surface area contributed by atoms with Crippen molar-refractivity contribution in [3.05, 3.63) is 35.9 Å². The van der Waals surface area contributed by atoms with E-state index in [1.165, 1.54) is 0 Å². The molecule has 0 heterocycles. The van der Waals surface area contributed by atoms with Crippen LogP contribution < -0.4 is 5.32 Å². The van der Waals surface area contributed by atoms with Gasteiger partial charge >= 0.3 is 5.97 Å². The standard InChI is InChI=1S/C16H21NO3/c18-15-9-5-4-8-13(15)10-14(16(19)20)17-11-12-6-2-1-3-7-12/h1-3,6-7,13-14,17H,4-5,8-11H2,(H,19,20)/t13?,14-/m0/s1. The van der Waals surface area contributed by atoms with Crippen molar-refractivity contribution in [1.29, 1.82) is 0 Å². The number of rotatable bonds is 6. The van der Waals surface area contributed by atoms with Gasteiger partial charge in [0.25, 0.3) is 0 Å². The van der Waals surface area contributed by atoms with Gasteiger partial charge in [-0.3, -0.25) is 9.59 Å². The van der Waals surface area contributed by atoms with Crippen LogP contribution in [0.3, 0.4) is 0 Å². The molecular weight excluding hydrogens is 254 g/mol. The number of ketones is 1. The van der Waals surface area contributed by atoms with E-state index in [0.29, 0.717) is 19.4 Å². The summed E-state index contributed by atoms with van der Waals surface area (Å²) in [5, 5.41) is 12.3. The Kier molecular flexibility index (Phi) is 5.30. The fourth-order valence-electron chi connectivity index (χ4n) is 2.70. The van der Waals surface area contributed by atoms with Crippen molar-refractivity contribution in [2.24, 2.45) is 5.92 Å². The van der Waals surface area contributed by atoms with Gasteiger partial charge < -0.3 is 10.4 Å². The second-order valence-electron chi connectivity index (χ2n) is 5.40. The fraction of sp³-hybridized carbons (Fsp3) is 0.500. The molecule has 1 aliphatic rings. The first-order valence-electron chi connectivity index (χ1n) is 7.19. The number of hydrogen-bond acceptors (Lipinski definition) is 3. The van der Waals surface area contributed by atoms with E-state index in [9.17, 15) is 14.7 Å². The molecule has 4 heteroatoms. The zero-order valence-corrected chi connectivity index (χ0v) is 11.5. The zero-order chi connectivity index (χ0) is 14.4. The maximum Gasteiger partial charge on any atom is 0.320 e. The number of carboxylic acids is 1. The molecular formula is C16H21NO3. The van der Waals surface area contributed by atoms with Crippen LogP contribution in [0.5, 0.6) is 0 Å². The maximum absolute atomic E-state index is 11.8. The number of carboxylic acid groups (broad SMARTS) is 1. The Morgan fingerprint density at radius 3 is 2.70 bits per heavy atom. The third-order valence-corrected chi connectivity index (χ3v) is 3.89. The molecule has 1 fully saturated rings. The number of hydrogen-bond donors (Lipinski definition) is 2. The Hall–Kier alpha value is -1.68. The van der Waals surface area contributed by atoms with Crippen molar-refractivity contribution in [1.82, 2.24) is 5.32 Å². The summed E-state index contributed by atoms with van der Waals surface area (Å²) in [6, 6.07) is 9.05. The van der Waals surface area contributed by atoms with Gasteiger partial charge in [0, 0.05) is 18.9 Å². The summed E-state index contributed by atoms with van der Waals surface area (Å²) < 4.78 is 0. The summed E-state index contributed by atoms with van der Waals surface area (Å²) in [6.07, 6.45) is 3.82. The number of carbonyl (C=O) groups excluding carboxylic acids is 1. The van der Waals surface area contributed by atoms with Crippen LogP contribution in [-0.2, 0) is 16.1 Å². The molecule has 1 unspecified atom stereocenters. The summed E-state index contributed by atoms with van der Waals surface area (Å²) >= 11 is 0. The molecule has 2 N–H and O–H groups in total. The minimum absolute atomic E-state index is 0.0897. The van der Waals surface area contributed by atoms with Gasteiger partial charge in [0.05, 0.1) is 0 Å². The van der Waals surface area contributed by atoms with Crippen LogP contribution >= 0.6 is 0 Å². The van der Waals surface area contributed by atoms with Crippen molar-refractivity contribution in [2.45, 2.75) is 44.7 Å². The topological polar surface area (TPSA) is 66.4 Å². The first-order valence-corrected chi connectivity index (χ1v) is 7.19. The first kappa shape index (κ1) is 14.7. The molecule has 0 saturated heterocycles. The molecule has 0 amide bonds. The number of aliphatic carboxylic acids is 1. The van der Waals surface area contributed by atoms with Gasteiger partial charge in [-0.1, -0.05) is 36.8 Å². The molecule has 2 atom stereocenters. The summed E-state index contributed by atoms with van der Waals surface area (Å²) in [4.78, 5) is 23.1. The Morgan fingerprint density at radius 2 is 2.05 bits per heavy atom. The molecule has 0 aromatic heterocycles. The molecule has 0 aliphatic heterocycles. The first-order chi connectivity index (χ1) is 9.66. The smallest absolute Gasteiger partial charge is 0.320 e. The van der Waals surface area contributed by atoms with E-state index in [-0.39, 0.29) is 11.7 Å². The molecule has 0 spiro atoms. The summed E-state index contributed by atoms with van der Waals surface area (Å²) in [5.74, 6) is -0.739. The predicted octanol–water partition coefficient (Wildman–Crippen LogP) is 2.38. The lowest BCUT2D eigenvalue weighted by molar-refractivity contribution is -0.140. The average Bonchev–Trinajstić information content (AvgIpc) is 2.46. The lowest BCUT2D eigenvalue weighted by Crippen LogP contribution is -2.39. The molecule has 1 aliphatic carbocycles. The highest BCUT2D eigenvalue weighted by Crippen LogP contribution is 2.24. The monoisotopic (exact) mass is 275 g/mol. The molecule has 1 aromatic rings. The van der Waals surface area contributed by atoms with Crippen molar-refractivity contribution < 1.29 is 14.7 Å². The molecule has 108 valence electrons. The van der Waals surface area contributed by atoms with Crippen LogP contribution in [0.15, 0.2) is 30.3 Å². The molecule has 4 nitrogen and oxygen atoms in total. The van der Waals surface area contributed by atoms with Crippen molar-refractivity contribution in [2.75, 3.05) is 0 Å².